The highest BCUT2D eigenvalue weighted by Crippen LogP contribution is 2.52. The molecule has 8 heteroatoms. The minimum Gasteiger partial charge on any atom is -0.490 e. The van der Waals surface area contributed by atoms with Crippen LogP contribution in [0.1, 0.15) is 35.1 Å². The normalized spacial score (nSPS) is 22.9. The Morgan fingerprint density at radius 3 is 2.56 bits per heavy atom. The van der Waals surface area contributed by atoms with Crippen LogP contribution in [0.25, 0.3) is 0 Å². The van der Waals surface area contributed by atoms with Gasteiger partial charge >= 0.3 is 0 Å². The zero-order valence-electron chi connectivity index (χ0n) is 20.6. The molecule has 0 unspecified atom stereocenters. The maximum absolute atomic E-state index is 13.3. The number of nitro groups is 1. The van der Waals surface area contributed by atoms with Crippen molar-refractivity contribution in [3.05, 3.63) is 99.1 Å². The first-order valence-corrected chi connectivity index (χ1v) is 12.1. The number of likely N-dealkylation sites (tertiary alicyclic amines) is 1. The largest absolute Gasteiger partial charge is 0.490 e. The summed E-state index contributed by atoms with van der Waals surface area (Å²) in [6, 6.07) is 19.6. The van der Waals surface area contributed by atoms with Crippen LogP contribution in [-0.2, 0) is 16.9 Å². The summed E-state index contributed by atoms with van der Waals surface area (Å²) in [5, 5.41) is 15.4. The summed E-state index contributed by atoms with van der Waals surface area (Å²) < 4.78 is 11.9. The van der Waals surface area contributed by atoms with Crippen molar-refractivity contribution in [1.29, 1.82) is 0 Å². The molecule has 0 aromatic heterocycles. The Kier molecular flexibility index (Phi) is 6.14. The molecule has 2 aliphatic heterocycles. The third-order valence-electron chi connectivity index (χ3n) is 7.25. The van der Waals surface area contributed by atoms with Crippen molar-refractivity contribution in [2.45, 2.75) is 38.0 Å². The first-order valence-electron chi connectivity index (χ1n) is 12.1. The molecular formula is C28H29N3O5. The fourth-order valence-electron chi connectivity index (χ4n) is 5.57. The molecule has 1 fully saturated rings. The Morgan fingerprint density at radius 1 is 1.08 bits per heavy atom. The number of hydrogen-bond acceptors (Lipinski definition) is 6. The van der Waals surface area contributed by atoms with Crippen LogP contribution in [-0.4, -0.2) is 42.0 Å². The molecule has 0 bridgehead atoms. The number of benzene rings is 3. The van der Waals surface area contributed by atoms with E-state index in [0.29, 0.717) is 42.5 Å². The third-order valence-corrected chi connectivity index (χ3v) is 7.25. The van der Waals surface area contributed by atoms with E-state index in [-0.39, 0.29) is 10.8 Å². The molecule has 36 heavy (non-hydrogen) atoms. The van der Waals surface area contributed by atoms with Gasteiger partial charge in [0.1, 0.15) is 6.61 Å². The van der Waals surface area contributed by atoms with Crippen LogP contribution in [0.2, 0.25) is 0 Å². The lowest BCUT2D eigenvalue weighted by molar-refractivity contribution is -0.534. The molecule has 1 spiro atoms. The number of carbonyl (C=O) groups excluding carboxylic acids is 1. The molecule has 186 valence electrons. The van der Waals surface area contributed by atoms with E-state index in [2.05, 4.69) is 5.32 Å². The number of carbonyl (C=O) groups is 1. The van der Waals surface area contributed by atoms with Crippen LogP contribution >= 0.6 is 0 Å². The van der Waals surface area contributed by atoms with Crippen LogP contribution in [0, 0.1) is 17.0 Å². The summed E-state index contributed by atoms with van der Waals surface area (Å²) in [5.74, 6) is 0.221. The molecule has 2 heterocycles. The van der Waals surface area contributed by atoms with Gasteiger partial charge in [-0.25, -0.2) is 0 Å². The minimum atomic E-state index is -1.38. The molecule has 3 atom stereocenters. The summed E-state index contributed by atoms with van der Waals surface area (Å²) in [6.45, 7) is 5.07. The smallest absolute Gasteiger partial charge is 0.256 e. The second-order valence-corrected chi connectivity index (χ2v) is 9.40. The molecule has 3 aromatic rings. The summed E-state index contributed by atoms with van der Waals surface area (Å²) in [7, 11) is 1.78. The zero-order valence-corrected chi connectivity index (χ0v) is 20.6. The van der Waals surface area contributed by atoms with Gasteiger partial charge in [0.2, 0.25) is 0 Å². The van der Waals surface area contributed by atoms with Gasteiger partial charge in [0.05, 0.1) is 12.5 Å². The lowest BCUT2D eigenvalue weighted by Crippen LogP contribution is -2.54. The molecule has 2 aliphatic rings. The maximum Gasteiger partial charge on any atom is 0.256 e. The summed E-state index contributed by atoms with van der Waals surface area (Å²) in [6.07, 6.45) is 0. The van der Waals surface area contributed by atoms with Crippen LogP contribution < -0.4 is 14.8 Å². The molecule has 1 amide bonds. The molecule has 0 saturated carbocycles. The van der Waals surface area contributed by atoms with E-state index >= 15 is 0 Å². The van der Waals surface area contributed by atoms with E-state index in [9.17, 15) is 14.9 Å². The van der Waals surface area contributed by atoms with E-state index in [1.54, 1.807) is 25.2 Å². The number of likely N-dealkylation sites (N-methyl/N-ethyl adjacent to an activating group) is 1. The van der Waals surface area contributed by atoms with Crippen LogP contribution in [0.3, 0.4) is 0 Å². The number of amides is 1. The average molecular weight is 488 g/mol. The molecule has 5 rings (SSSR count). The first kappa shape index (κ1) is 23.8. The van der Waals surface area contributed by atoms with Crippen molar-refractivity contribution in [1.82, 2.24) is 4.90 Å². The van der Waals surface area contributed by atoms with Crippen molar-refractivity contribution >= 4 is 11.6 Å². The number of nitrogens with zero attached hydrogens (tertiary/aromatic N) is 2. The lowest BCUT2D eigenvalue weighted by atomic mass is 9.79. The van der Waals surface area contributed by atoms with Crippen molar-refractivity contribution in [2.75, 3.05) is 25.5 Å². The Balaban J connectivity index is 1.49. The second kappa shape index (κ2) is 9.28. The van der Waals surface area contributed by atoms with Crippen LogP contribution in [0.5, 0.6) is 11.5 Å². The zero-order chi connectivity index (χ0) is 25.4. The Morgan fingerprint density at radius 2 is 1.83 bits per heavy atom. The number of ether oxygens (including phenoxy) is 2. The first-order chi connectivity index (χ1) is 17.4. The fourth-order valence-corrected chi connectivity index (χ4v) is 5.57. The predicted molar refractivity (Wildman–Crippen MR) is 136 cm³/mol. The predicted octanol–water partition coefficient (Wildman–Crippen LogP) is 4.49. The topological polar surface area (TPSA) is 93.9 Å². The lowest BCUT2D eigenvalue weighted by Gasteiger charge is -2.30. The van der Waals surface area contributed by atoms with Gasteiger partial charge in [0.15, 0.2) is 17.0 Å². The SMILES string of the molecule is CCOc1cc([C@@H]2CN(C)[C@@]3(C(=O)Nc4ccccc43)[C@H]2[N+](=O)[O-])ccc1OCc1ccc(C)cc1. The Labute approximate surface area is 210 Å². The van der Waals surface area contributed by atoms with Crippen molar-refractivity contribution in [2.24, 2.45) is 0 Å². The number of fused-ring (bicyclic) bond motifs is 2. The van der Waals surface area contributed by atoms with E-state index in [4.69, 9.17) is 9.47 Å². The molecule has 3 aromatic carbocycles. The molecule has 0 aliphatic carbocycles. The van der Waals surface area contributed by atoms with Gasteiger partial charge in [-0.2, -0.15) is 0 Å². The average Bonchev–Trinajstić information content (AvgIpc) is 3.34. The number of rotatable bonds is 7. The quantitative estimate of drug-likeness (QED) is 0.390. The van der Waals surface area contributed by atoms with Gasteiger partial charge in [0, 0.05) is 22.7 Å². The van der Waals surface area contributed by atoms with E-state index in [1.807, 2.05) is 67.3 Å². The van der Waals surface area contributed by atoms with E-state index in [0.717, 1.165) is 11.1 Å². The van der Waals surface area contributed by atoms with Gasteiger partial charge in [0.25, 0.3) is 11.9 Å². The molecule has 0 radical (unpaired) electrons. The van der Waals surface area contributed by atoms with Gasteiger partial charge in [-0.1, -0.05) is 54.1 Å². The number of para-hydroxylation sites is 1. The van der Waals surface area contributed by atoms with E-state index in [1.165, 1.54) is 5.56 Å². The Hall–Kier alpha value is -3.91. The minimum absolute atomic E-state index is 0.308. The summed E-state index contributed by atoms with van der Waals surface area (Å²) in [5.41, 5.74) is 2.84. The summed E-state index contributed by atoms with van der Waals surface area (Å²) >= 11 is 0. The highest BCUT2D eigenvalue weighted by atomic mass is 16.6. The molecule has 1 saturated heterocycles. The number of anilines is 1. The van der Waals surface area contributed by atoms with Crippen LogP contribution in [0.15, 0.2) is 66.7 Å². The van der Waals surface area contributed by atoms with Gasteiger partial charge in [-0.15, -0.1) is 0 Å². The molecule has 1 N–H and O–H groups in total. The Bertz CT molecular complexity index is 1310. The second-order valence-electron chi connectivity index (χ2n) is 9.40. The maximum atomic E-state index is 13.3. The van der Waals surface area contributed by atoms with Crippen molar-refractivity contribution in [3.63, 3.8) is 0 Å². The number of hydrogen-bond donors (Lipinski definition) is 1. The van der Waals surface area contributed by atoms with Gasteiger partial charge in [-0.3, -0.25) is 19.8 Å². The van der Waals surface area contributed by atoms with Crippen LogP contribution in [0.4, 0.5) is 5.69 Å². The summed E-state index contributed by atoms with van der Waals surface area (Å²) in [4.78, 5) is 27.4. The van der Waals surface area contributed by atoms with Crippen molar-refractivity contribution < 1.29 is 19.2 Å². The van der Waals surface area contributed by atoms with E-state index < -0.39 is 17.5 Å². The fraction of sp³-hybridized carbons (Fsp3) is 0.321. The third kappa shape index (κ3) is 3.78. The molecule has 8 nitrogen and oxygen atoms in total. The number of nitrogens with one attached hydrogen (secondary N) is 1. The number of aryl methyl sites for hydroxylation is 1. The standard InChI is InChI=1S/C28H29N3O5/c1-4-35-25-15-20(13-14-24(25)36-17-19-11-9-18(2)10-12-19)21-16-30(3)28(26(21)31(33)34)22-7-5-6-8-23(22)29-27(28)32/h5-15,21,26H,4,16-17H2,1-3H3,(H,29,32)/t21-,26-,28+/m0/s1. The van der Waals surface area contributed by atoms with Gasteiger partial charge < -0.3 is 14.8 Å². The highest BCUT2D eigenvalue weighted by Gasteiger charge is 2.68. The highest BCUT2D eigenvalue weighted by molar-refractivity contribution is 6.06. The molecular weight excluding hydrogens is 458 g/mol. The monoisotopic (exact) mass is 487 g/mol. The van der Waals surface area contributed by atoms with Crippen molar-refractivity contribution in [3.8, 4) is 11.5 Å². The van der Waals surface area contributed by atoms with Gasteiger partial charge in [-0.05, 0) is 50.2 Å².